The van der Waals surface area contributed by atoms with E-state index in [1.807, 2.05) is 0 Å². The summed E-state index contributed by atoms with van der Waals surface area (Å²) in [7, 11) is 0. The third-order valence-corrected chi connectivity index (χ3v) is 4.04. The van der Waals surface area contributed by atoms with Gasteiger partial charge in [0.1, 0.15) is 10.6 Å². The summed E-state index contributed by atoms with van der Waals surface area (Å²) in [6, 6.07) is 0. The average Bonchev–Trinajstić information content (AvgIpc) is 2.31. The van der Waals surface area contributed by atoms with Gasteiger partial charge in [-0.25, -0.2) is 0 Å². The molecule has 0 saturated carbocycles. The Labute approximate surface area is 114 Å². The molecule has 16 heavy (non-hydrogen) atoms. The zero-order valence-corrected chi connectivity index (χ0v) is 12.3. The molecule has 0 aliphatic rings. The molecule has 0 spiro atoms. The standard InChI is InChI=1S/C10H17Br2NO3/c1-2-8(14)3-5-16-6-4-13-10(15)9(12)7-11/h9H,2-7H2,1H3,(H,13,15)/i2T. The Hall–Kier alpha value is 0.0600. The predicted molar refractivity (Wildman–Crippen MR) is 70.3 cm³/mol. The van der Waals surface area contributed by atoms with Gasteiger partial charge in [0.15, 0.2) is 0 Å². The summed E-state index contributed by atoms with van der Waals surface area (Å²) in [6.45, 7) is 2.62. The molecule has 0 rings (SSSR count). The number of hydrogen-bond acceptors (Lipinski definition) is 3. The van der Waals surface area contributed by atoms with Crippen LogP contribution in [0.25, 0.3) is 0 Å². The monoisotopic (exact) mass is 359 g/mol. The summed E-state index contributed by atoms with van der Waals surface area (Å²) in [5.41, 5.74) is 0. The molecule has 2 unspecified atom stereocenters. The second-order valence-corrected chi connectivity index (χ2v) is 4.78. The number of ether oxygens (including phenoxy) is 1. The summed E-state index contributed by atoms with van der Waals surface area (Å²) in [5, 5.41) is 3.23. The van der Waals surface area contributed by atoms with Crippen molar-refractivity contribution in [3.8, 4) is 0 Å². The lowest BCUT2D eigenvalue weighted by atomic mass is 10.2. The summed E-state index contributed by atoms with van der Waals surface area (Å²) in [6.07, 6.45) is -0.437. The van der Waals surface area contributed by atoms with Crippen molar-refractivity contribution in [3.63, 3.8) is 0 Å². The molecule has 1 N–H and O–H groups in total. The van der Waals surface area contributed by atoms with E-state index in [0.29, 0.717) is 25.1 Å². The number of hydrogen-bond donors (Lipinski definition) is 1. The Kier molecular flexibility index (Phi) is 9.03. The highest BCUT2D eigenvalue weighted by Crippen LogP contribution is 2.02. The Morgan fingerprint density at radius 2 is 2.19 bits per heavy atom. The molecule has 0 saturated heterocycles. The number of halogens is 2. The number of amides is 1. The van der Waals surface area contributed by atoms with Crippen LogP contribution in [0, 0.1) is 0 Å². The van der Waals surface area contributed by atoms with Gasteiger partial charge < -0.3 is 10.1 Å². The van der Waals surface area contributed by atoms with Crippen molar-refractivity contribution in [3.05, 3.63) is 0 Å². The average molecular weight is 361 g/mol. The van der Waals surface area contributed by atoms with Gasteiger partial charge in [0.2, 0.25) is 5.91 Å². The molecular weight excluding hydrogens is 342 g/mol. The van der Waals surface area contributed by atoms with E-state index in [0.717, 1.165) is 0 Å². The van der Waals surface area contributed by atoms with Gasteiger partial charge >= 0.3 is 0 Å². The molecule has 0 aromatic heterocycles. The van der Waals surface area contributed by atoms with Crippen LogP contribution in [0.2, 0.25) is 0 Å². The van der Waals surface area contributed by atoms with E-state index in [9.17, 15) is 9.59 Å². The lowest BCUT2D eigenvalue weighted by molar-refractivity contribution is -0.121. The molecule has 2 atom stereocenters. The van der Waals surface area contributed by atoms with Crippen LogP contribution in [0.5, 0.6) is 0 Å². The maximum atomic E-state index is 11.3. The zero-order valence-electron chi connectivity index (χ0n) is 10.2. The summed E-state index contributed by atoms with van der Waals surface area (Å²) in [5.74, 6) is -0.227. The Morgan fingerprint density at radius 3 is 2.75 bits per heavy atom. The lowest BCUT2D eigenvalue weighted by Gasteiger charge is -2.08. The molecule has 0 bridgehead atoms. The van der Waals surface area contributed by atoms with Crippen molar-refractivity contribution in [1.29, 1.82) is 0 Å². The van der Waals surface area contributed by atoms with Crippen molar-refractivity contribution < 1.29 is 15.7 Å². The van der Waals surface area contributed by atoms with Crippen molar-refractivity contribution >= 4 is 43.6 Å². The highest BCUT2D eigenvalue weighted by atomic mass is 79.9. The molecule has 4 nitrogen and oxygen atoms in total. The van der Waals surface area contributed by atoms with Crippen molar-refractivity contribution in [2.24, 2.45) is 0 Å². The van der Waals surface area contributed by atoms with Gasteiger partial charge in [-0.3, -0.25) is 9.59 Å². The maximum absolute atomic E-state index is 11.3. The van der Waals surface area contributed by atoms with Gasteiger partial charge in [-0.05, 0) is 0 Å². The molecule has 6 heteroatoms. The third-order valence-electron chi connectivity index (χ3n) is 1.78. The molecule has 1 amide bonds. The molecule has 0 aliphatic carbocycles. The molecule has 0 aliphatic heterocycles. The van der Waals surface area contributed by atoms with Crippen molar-refractivity contribution in [2.45, 2.75) is 24.6 Å². The minimum absolute atomic E-state index is 0.0960. The SMILES string of the molecule is [3H]C(C)C(=O)CCOCCNC(=O)C(Br)CBr. The van der Waals surface area contributed by atoms with Gasteiger partial charge in [-0.15, -0.1) is 0 Å². The first-order valence-corrected chi connectivity index (χ1v) is 7.03. The predicted octanol–water partition coefficient (Wildman–Crippen LogP) is 1.65. The Morgan fingerprint density at radius 1 is 1.50 bits per heavy atom. The fourth-order valence-corrected chi connectivity index (χ4v) is 1.30. The van der Waals surface area contributed by atoms with E-state index in [4.69, 9.17) is 6.11 Å². The van der Waals surface area contributed by atoms with E-state index in [1.165, 1.54) is 0 Å². The topological polar surface area (TPSA) is 55.4 Å². The molecule has 0 fully saturated rings. The van der Waals surface area contributed by atoms with Gasteiger partial charge in [-0.2, -0.15) is 0 Å². The van der Waals surface area contributed by atoms with Gasteiger partial charge in [0.05, 0.1) is 13.2 Å². The van der Waals surface area contributed by atoms with Crippen LogP contribution >= 0.6 is 31.9 Å². The molecule has 0 heterocycles. The number of carbonyl (C=O) groups excluding carboxylic acids is 2. The molecular formula is C10H17Br2NO3. The van der Waals surface area contributed by atoms with Crippen LogP contribution in [0.3, 0.4) is 0 Å². The van der Waals surface area contributed by atoms with E-state index in [1.54, 1.807) is 6.92 Å². The van der Waals surface area contributed by atoms with Crippen LogP contribution < -0.4 is 5.32 Å². The van der Waals surface area contributed by atoms with E-state index < -0.39 is 6.40 Å². The first-order chi connectivity index (χ1) is 7.99. The first-order valence-electron chi connectivity index (χ1n) is 5.57. The smallest absolute Gasteiger partial charge is 0.234 e. The normalized spacial score (nSPS) is 15.1. The second-order valence-electron chi connectivity index (χ2n) is 3.03. The van der Waals surface area contributed by atoms with Crippen LogP contribution in [0.4, 0.5) is 0 Å². The number of ketones is 1. The van der Waals surface area contributed by atoms with Crippen molar-refractivity contribution in [1.82, 2.24) is 5.32 Å². The number of rotatable bonds is 9. The number of nitrogens with one attached hydrogen (secondary N) is 1. The number of alkyl halides is 2. The maximum Gasteiger partial charge on any atom is 0.234 e. The fraction of sp³-hybridized carbons (Fsp3) is 0.800. The van der Waals surface area contributed by atoms with Crippen LogP contribution in [-0.4, -0.2) is 41.6 Å². The van der Waals surface area contributed by atoms with Gasteiger partial charge in [0.25, 0.3) is 0 Å². The first kappa shape index (κ1) is 14.1. The highest BCUT2D eigenvalue weighted by Gasteiger charge is 2.11. The van der Waals surface area contributed by atoms with Gasteiger partial charge in [0, 0.05) is 26.1 Å². The third kappa shape index (κ3) is 8.24. The summed E-state index contributed by atoms with van der Waals surface area (Å²) >= 11 is 6.38. The fourth-order valence-electron chi connectivity index (χ4n) is 0.846. The van der Waals surface area contributed by atoms with E-state index in [-0.39, 0.29) is 22.9 Å². The number of Topliss-reactive ketones (excluding diaryl/α,β-unsaturated/α-hetero) is 1. The Bertz CT molecular complexity index is 252. The highest BCUT2D eigenvalue weighted by molar-refractivity contribution is 9.12. The minimum atomic E-state index is -0.689. The second kappa shape index (κ2) is 10.2. The molecule has 94 valence electrons. The Balaban J connectivity index is 3.41. The summed E-state index contributed by atoms with van der Waals surface area (Å²) in [4.78, 5) is 22.1. The summed E-state index contributed by atoms with van der Waals surface area (Å²) < 4.78 is 12.3. The molecule has 0 aromatic rings. The quantitative estimate of drug-likeness (QED) is 0.502. The lowest BCUT2D eigenvalue weighted by Crippen LogP contribution is -2.34. The van der Waals surface area contributed by atoms with Gasteiger partial charge in [-0.1, -0.05) is 38.8 Å². The van der Waals surface area contributed by atoms with Crippen molar-refractivity contribution in [2.75, 3.05) is 25.1 Å². The van der Waals surface area contributed by atoms with E-state index in [2.05, 4.69) is 37.2 Å². The van der Waals surface area contributed by atoms with Crippen LogP contribution in [0.15, 0.2) is 0 Å². The zero-order chi connectivity index (χ0) is 13.3. The largest absolute Gasteiger partial charge is 0.379 e. The van der Waals surface area contributed by atoms with Crippen LogP contribution in [-0.2, 0) is 14.3 Å². The molecule has 0 radical (unpaired) electrons. The van der Waals surface area contributed by atoms with Crippen LogP contribution in [0.1, 0.15) is 21.1 Å². The number of carbonyl (C=O) groups is 2. The molecule has 0 aromatic carbocycles. The minimum Gasteiger partial charge on any atom is -0.379 e. The van der Waals surface area contributed by atoms with E-state index >= 15 is 0 Å².